The van der Waals surface area contributed by atoms with Gasteiger partial charge in [-0.15, -0.1) is 11.3 Å². The molecule has 1 aliphatic rings. The van der Waals surface area contributed by atoms with E-state index in [1.54, 1.807) is 11.3 Å². The summed E-state index contributed by atoms with van der Waals surface area (Å²) in [6.45, 7) is 5.31. The van der Waals surface area contributed by atoms with Crippen LogP contribution in [0.15, 0.2) is 41.9 Å². The molecule has 25 heavy (non-hydrogen) atoms. The monoisotopic (exact) mass is 349 g/mol. The quantitative estimate of drug-likeness (QED) is 0.711. The smallest absolute Gasteiger partial charge is 0.255 e. The number of hydrogen-bond donors (Lipinski definition) is 0. The number of hydrogen-bond acceptors (Lipinski definition) is 4. The number of nitrogens with zero attached hydrogens (tertiary/aromatic N) is 3. The van der Waals surface area contributed by atoms with Crippen LogP contribution in [0.3, 0.4) is 0 Å². The normalized spacial score (nSPS) is 13.1. The Kier molecular flexibility index (Phi) is 4.09. The molecule has 3 heterocycles. The number of aryl methyl sites for hydroxylation is 1. The minimum absolute atomic E-state index is 0.0976. The number of fused-ring (bicyclic) bond motifs is 1. The Morgan fingerprint density at radius 2 is 2.04 bits per heavy atom. The molecule has 4 rings (SSSR count). The van der Waals surface area contributed by atoms with E-state index in [1.165, 1.54) is 10.4 Å². The van der Waals surface area contributed by atoms with Crippen LogP contribution in [0.4, 0.5) is 0 Å². The van der Waals surface area contributed by atoms with Gasteiger partial charge in [0.25, 0.3) is 5.91 Å². The van der Waals surface area contributed by atoms with Gasteiger partial charge in [0.15, 0.2) is 5.82 Å². The number of rotatable bonds is 3. The van der Waals surface area contributed by atoms with E-state index in [4.69, 9.17) is 4.98 Å². The zero-order valence-corrected chi connectivity index (χ0v) is 15.1. The van der Waals surface area contributed by atoms with Crippen molar-refractivity contribution in [2.45, 2.75) is 33.4 Å². The van der Waals surface area contributed by atoms with Gasteiger partial charge in [0.05, 0.1) is 17.8 Å². The Balaban J connectivity index is 1.60. The van der Waals surface area contributed by atoms with Gasteiger partial charge in [-0.25, -0.2) is 9.97 Å². The van der Waals surface area contributed by atoms with E-state index in [2.05, 4.69) is 18.8 Å². The second-order valence-electron chi connectivity index (χ2n) is 6.23. The average Bonchev–Trinajstić information content (AvgIpc) is 3.24. The van der Waals surface area contributed by atoms with Crippen LogP contribution < -0.4 is 0 Å². The summed E-state index contributed by atoms with van der Waals surface area (Å²) in [5.41, 5.74) is 5.00. The third-order valence-corrected chi connectivity index (χ3v) is 5.62. The maximum Gasteiger partial charge on any atom is 0.255 e. The number of aromatic nitrogens is 2. The number of thiophene rings is 1. The summed E-state index contributed by atoms with van der Waals surface area (Å²) in [4.78, 5) is 25.2. The molecule has 2 aromatic heterocycles. The van der Waals surface area contributed by atoms with Crippen molar-refractivity contribution in [2.75, 3.05) is 0 Å². The summed E-state index contributed by atoms with van der Waals surface area (Å²) in [6.07, 6.45) is 2.74. The van der Waals surface area contributed by atoms with Crippen molar-refractivity contribution in [1.82, 2.24) is 14.9 Å². The molecule has 0 N–H and O–H groups in total. The van der Waals surface area contributed by atoms with Gasteiger partial charge in [-0.05, 0) is 18.9 Å². The van der Waals surface area contributed by atoms with Crippen LogP contribution in [0, 0.1) is 6.92 Å². The van der Waals surface area contributed by atoms with Gasteiger partial charge < -0.3 is 4.90 Å². The van der Waals surface area contributed by atoms with Crippen LogP contribution >= 0.6 is 11.3 Å². The number of carbonyl (C=O) groups excluding carboxylic acids is 1. The highest BCUT2D eigenvalue weighted by atomic mass is 32.1. The maximum absolute atomic E-state index is 12.9. The van der Waals surface area contributed by atoms with Gasteiger partial charge in [0.1, 0.15) is 0 Å². The fourth-order valence-electron chi connectivity index (χ4n) is 3.29. The van der Waals surface area contributed by atoms with Crippen molar-refractivity contribution >= 4 is 17.2 Å². The second kappa shape index (κ2) is 6.41. The SMILES string of the molecule is CCc1c(C(=O)N2Cc3cnc(-c4ccccc4)nc3C2)csc1C. The van der Waals surface area contributed by atoms with E-state index in [0.717, 1.165) is 28.8 Å². The maximum atomic E-state index is 12.9. The molecule has 0 aliphatic carbocycles. The highest BCUT2D eigenvalue weighted by Crippen LogP contribution is 2.28. The molecule has 126 valence electrons. The molecule has 0 atom stereocenters. The van der Waals surface area contributed by atoms with E-state index in [0.29, 0.717) is 18.9 Å². The van der Waals surface area contributed by atoms with E-state index >= 15 is 0 Å². The zero-order chi connectivity index (χ0) is 17.4. The third kappa shape index (κ3) is 2.85. The van der Waals surface area contributed by atoms with Crippen molar-refractivity contribution in [1.29, 1.82) is 0 Å². The molecule has 0 saturated carbocycles. The Hall–Kier alpha value is -2.53. The second-order valence-corrected chi connectivity index (χ2v) is 7.31. The molecule has 0 unspecified atom stereocenters. The molecule has 3 aromatic rings. The van der Waals surface area contributed by atoms with E-state index < -0.39 is 0 Å². The summed E-state index contributed by atoms with van der Waals surface area (Å²) >= 11 is 1.65. The predicted molar refractivity (Wildman–Crippen MR) is 99.5 cm³/mol. The van der Waals surface area contributed by atoms with Crippen molar-refractivity contribution in [2.24, 2.45) is 0 Å². The van der Waals surface area contributed by atoms with Gasteiger partial charge in [-0.2, -0.15) is 0 Å². The summed E-state index contributed by atoms with van der Waals surface area (Å²) < 4.78 is 0. The van der Waals surface area contributed by atoms with Gasteiger partial charge in [0.2, 0.25) is 0 Å². The fourth-order valence-corrected chi connectivity index (χ4v) is 4.23. The topological polar surface area (TPSA) is 46.1 Å². The first-order valence-corrected chi connectivity index (χ1v) is 9.31. The van der Waals surface area contributed by atoms with E-state index in [-0.39, 0.29) is 5.91 Å². The molecule has 1 aliphatic heterocycles. The molecule has 5 heteroatoms. The van der Waals surface area contributed by atoms with Crippen LogP contribution in [-0.2, 0) is 19.5 Å². The standard InChI is InChI=1S/C20H19N3OS/c1-3-16-13(2)25-12-17(16)20(24)23-10-15-9-21-19(22-18(15)11-23)14-7-5-4-6-8-14/h4-9,12H,3,10-11H2,1-2H3. The lowest BCUT2D eigenvalue weighted by atomic mass is 10.1. The Labute approximate surface area is 151 Å². The van der Waals surface area contributed by atoms with Crippen LogP contribution in [0.5, 0.6) is 0 Å². The van der Waals surface area contributed by atoms with Crippen LogP contribution in [0.1, 0.15) is 39.0 Å². The lowest BCUT2D eigenvalue weighted by molar-refractivity contribution is 0.0750. The van der Waals surface area contributed by atoms with Crippen LogP contribution in [0.25, 0.3) is 11.4 Å². The lowest BCUT2D eigenvalue weighted by Crippen LogP contribution is -2.25. The van der Waals surface area contributed by atoms with Gasteiger partial charge in [-0.3, -0.25) is 4.79 Å². The fraction of sp³-hybridized carbons (Fsp3) is 0.250. The van der Waals surface area contributed by atoms with E-state index in [9.17, 15) is 4.79 Å². The molecular weight excluding hydrogens is 330 g/mol. The first kappa shape index (κ1) is 16.0. The predicted octanol–water partition coefficient (Wildman–Crippen LogP) is 4.23. The summed E-state index contributed by atoms with van der Waals surface area (Å²) in [5, 5.41) is 1.99. The summed E-state index contributed by atoms with van der Waals surface area (Å²) in [5.74, 6) is 0.815. The zero-order valence-electron chi connectivity index (χ0n) is 14.3. The highest BCUT2D eigenvalue weighted by Gasteiger charge is 2.28. The molecule has 0 bridgehead atoms. The van der Waals surface area contributed by atoms with Crippen LogP contribution in [-0.4, -0.2) is 20.8 Å². The van der Waals surface area contributed by atoms with Crippen molar-refractivity contribution in [3.05, 3.63) is 69.2 Å². The minimum atomic E-state index is 0.0976. The first-order chi connectivity index (χ1) is 12.2. The molecule has 0 saturated heterocycles. The molecular formula is C20H19N3OS. The lowest BCUT2D eigenvalue weighted by Gasteiger charge is -2.15. The first-order valence-electron chi connectivity index (χ1n) is 8.43. The molecule has 4 nitrogen and oxygen atoms in total. The summed E-state index contributed by atoms with van der Waals surface area (Å²) in [7, 11) is 0. The number of benzene rings is 1. The van der Waals surface area contributed by atoms with E-state index in [1.807, 2.05) is 46.8 Å². The average molecular weight is 349 g/mol. The molecule has 1 amide bonds. The third-order valence-electron chi connectivity index (χ3n) is 4.66. The Bertz CT molecular complexity index is 933. The molecule has 0 fully saturated rings. The molecule has 0 radical (unpaired) electrons. The van der Waals surface area contributed by atoms with Gasteiger partial charge in [0, 0.05) is 34.1 Å². The Morgan fingerprint density at radius 3 is 2.80 bits per heavy atom. The minimum Gasteiger partial charge on any atom is -0.328 e. The largest absolute Gasteiger partial charge is 0.328 e. The highest BCUT2D eigenvalue weighted by molar-refractivity contribution is 7.10. The van der Waals surface area contributed by atoms with Crippen molar-refractivity contribution < 1.29 is 4.79 Å². The molecule has 0 spiro atoms. The number of carbonyl (C=O) groups is 1. The Morgan fingerprint density at radius 1 is 1.24 bits per heavy atom. The number of amides is 1. The van der Waals surface area contributed by atoms with Crippen molar-refractivity contribution in [3.63, 3.8) is 0 Å². The van der Waals surface area contributed by atoms with Crippen molar-refractivity contribution in [3.8, 4) is 11.4 Å². The summed E-state index contributed by atoms with van der Waals surface area (Å²) in [6, 6.07) is 9.94. The van der Waals surface area contributed by atoms with Crippen LogP contribution in [0.2, 0.25) is 0 Å². The molecule has 1 aromatic carbocycles. The van der Waals surface area contributed by atoms with Gasteiger partial charge in [-0.1, -0.05) is 37.3 Å². The van der Waals surface area contributed by atoms with Gasteiger partial charge >= 0.3 is 0 Å².